The van der Waals surface area contributed by atoms with Gasteiger partial charge in [-0.2, -0.15) is 0 Å². The maximum absolute atomic E-state index is 14.4. The van der Waals surface area contributed by atoms with Gasteiger partial charge in [-0.1, -0.05) is 61.7 Å². The van der Waals surface area contributed by atoms with E-state index in [1.165, 1.54) is 70.4 Å². The van der Waals surface area contributed by atoms with Gasteiger partial charge in [-0.15, -0.1) is 34.0 Å². The molecule has 3 fully saturated rings. The van der Waals surface area contributed by atoms with Crippen molar-refractivity contribution in [3.63, 3.8) is 0 Å². The number of nitrogens with one attached hydrogen (secondary N) is 3. The first-order chi connectivity index (χ1) is 51.8. The Morgan fingerprint density at radius 2 is 0.861 bits per heavy atom. The van der Waals surface area contributed by atoms with Gasteiger partial charge in [0.25, 0.3) is 0 Å². The molecule has 38 heteroatoms. The molecule has 3 aromatic heterocycles. The Kier molecular flexibility index (Phi) is 29.1. The Bertz CT molecular complexity index is 4020. The predicted molar refractivity (Wildman–Crippen MR) is 393 cm³/mol. The van der Waals surface area contributed by atoms with E-state index >= 15 is 0 Å². The minimum atomic E-state index is -1.22. The lowest BCUT2D eigenvalue weighted by Crippen LogP contribution is -2.61. The number of carbonyl (C=O) groups excluding carboxylic acids is 3. The summed E-state index contributed by atoms with van der Waals surface area (Å²) in [7, 11) is 0. The van der Waals surface area contributed by atoms with Gasteiger partial charge in [0.2, 0.25) is 0 Å². The second kappa shape index (κ2) is 38.3. The maximum Gasteiger partial charge on any atom is 0.338 e. The first-order valence-corrected chi connectivity index (χ1v) is 38.2. The molecule has 576 valence electrons. The third-order valence-electron chi connectivity index (χ3n) is 17.4. The molecule has 6 N–H and O–H groups in total. The molecular weight excluding hydrogens is 1640 g/mol. The van der Waals surface area contributed by atoms with Gasteiger partial charge in [0.15, 0.2) is 32.5 Å². The number of carboxylic acid groups (broad SMARTS) is 3. The summed E-state index contributed by atoms with van der Waals surface area (Å²) in [6.45, 7) is 4.81. The average molecular weight is 1710 g/mol. The lowest BCUT2D eigenvalue weighted by molar-refractivity contribution is -0.145. The minimum Gasteiger partial charge on any atom is -0.481 e. The summed E-state index contributed by atoms with van der Waals surface area (Å²) in [5.74, 6) is -5.28. The number of aliphatic imine (C=N–C) groups is 3. The van der Waals surface area contributed by atoms with Crippen molar-refractivity contribution in [1.29, 1.82) is 0 Å². The molecule has 0 bridgehead atoms. The van der Waals surface area contributed by atoms with Crippen molar-refractivity contribution in [3.05, 3.63) is 186 Å². The number of thiazole rings is 3. The monoisotopic (exact) mass is 1710 g/mol. The highest BCUT2D eigenvalue weighted by Crippen LogP contribution is 2.42. The quantitative estimate of drug-likeness (QED) is 0.0139. The first-order valence-electron chi connectivity index (χ1n) is 33.6. The van der Waals surface area contributed by atoms with Crippen molar-refractivity contribution in [1.82, 2.24) is 45.6 Å². The highest BCUT2D eigenvalue weighted by atomic mass is 79.9. The molecule has 6 aliphatic rings. The fourth-order valence-electron chi connectivity index (χ4n) is 12.4. The molecule has 6 unspecified atom stereocenters. The van der Waals surface area contributed by atoms with Crippen LogP contribution in [0.15, 0.2) is 147 Å². The number of aliphatic carboxylic acids is 3. The van der Waals surface area contributed by atoms with E-state index in [1.54, 1.807) is 77.4 Å². The molecule has 3 saturated heterocycles. The van der Waals surface area contributed by atoms with Crippen molar-refractivity contribution in [2.75, 3.05) is 85.5 Å². The van der Waals surface area contributed by atoms with Gasteiger partial charge in [0.1, 0.15) is 67.3 Å². The zero-order valence-electron chi connectivity index (χ0n) is 57.7. The summed E-state index contributed by atoms with van der Waals surface area (Å²) in [6, 6.07) is 7.66. The van der Waals surface area contributed by atoms with Gasteiger partial charge >= 0.3 is 35.8 Å². The Morgan fingerprint density at radius 1 is 0.519 bits per heavy atom. The molecule has 9 atom stereocenters. The van der Waals surface area contributed by atoms with Crippen LogP contribution in [-0.2, 0) is 52.5 Å². The van der Waals surface area contributed by atoms with Gasteiger partial charge in [0, 0.05) is 123 Å². The second-order valence-corrected chi connectivity index (χ2v) is 29.3. The topological polar surface area (TPSA) is 331 Å². The van der Waals surface area contributed by atoms with E-state index in [0.29, 0.717) is 88.1 Å². The molecule has 12 rings (SSSR count). The molecule has 108 heavy (non-hydrogen) atoms. The van der Waals surface area contributed by atoms with E-state index in [9.17, 15) is 55.1 Å². The van der Waals surface area contributed by atoms with Crippen LogP contribution in [0.2, 0.25) is 5.02 Å². The summed E-state index contributed by atoms with van der Waals surface area (Å²) in [4.78, 5) is 104. The minimum absolute atomic E-state index is 0.0341. The smallest absolute Gasteiger partial charge is 0.338 e. The van der Waals surface area contributed by atoms with Crippen LogP contribution in [0.5, 0.6) is 0 Å². The first kappa shape index (κ1) is 82.1. The fraction of sp³-hybridized carbons (Fsp3) is 0.400. The number of nitrogens with zero attached hydrogens (tertiary/aromatic N) is 9. The molecule has 6 aromatic rings. The number of benzene rings is 3. The van der Waals surface area contributed by atoms with Crippen LogP contribution < -0.4 is 16.0 Å². The number of amidine groups is 3. The lowest BCUT2D eigenvalue weighted by atomic mass is 9.92. The van der Waals surface area contributed by atoms with Gasteiger partial charge in [-0.25, -0.2) is 65.3 Å². The van der Waals surface area contributed by atoms with E-state index in [4.69, 9.17) is 60.6 Å². The van der Waals surface area contributed by atoms with Gasteiger partial charge in [-0.05, 0) is 81.1 Å². The van der Waals surface area contributed by atoms with E-state index in [1.807, 2.05) is 4.90 Å². The Hall–Kier alpha value is -8.37. The van der Waals surface area contributed by atoms with Gasteiger partial charge in [-0.3, -0.25) is 34.5 Å². The van der Waals surface area contributed by atoms with Crippen LogP contribution in [0.25, 0.3) is 0 Å². The predicted octanol–water partition coefficient (Wildman–Crippen LogP) is 10.3. The van der Waals surface area contributed by atoms with E-state index in [2.05, 4.69) is 67.8 Å². The summed E-state index contributed by atoms with van der Waals surface area (Å²) < 4.78 is 112. The zero-order chi connectivity index (χ0) is 77.5. The van der Waals surface area contributed by atoms with Crippen LogP contribution in [0.1, 0.15) is 89.9 Å². The van der Waals surface area contributed by atoms with Crippen LogP contribution >= 0.6 is 77.5 Å². The second-order valence-electron chi connectivity index (χ2n) is 24.5. The third kappa shape index (κ3) is 20.5. The highest BCUT2D eigenvalue weighted by Gasteiger charge is 2.46. The largest absolute Gasteiger partial charge is 0.481 e. The number of carboxylic acids is 3. The fourth-order valence-corrected chi connectivity index (χ4v) is 15.5. The molecule has 0 amide bonds. The van der Waals surface area contributed by atoms with Crippen molar-refractivity contribution in [2.45, 2.75) is 94.8 Å². The maximum atomic E-state index is 14.4. The number of likely N-dealkylation sites (tertiary alicyclic amines) is 3. The average Bonchev–Trinajstić information content (AvgIpc) is 0.954. The molecule has 0 saturated carbocycles. The van der Waals surface area contributed by atoms with Crippen LogP contribution in [0.3, 0.4) is 0 Å². The number of rotatable bonds is 30. The molecule has 9 heterocycles. The van der Waals surface area contributed by atoms with Gasteiger partial charge in [0.05, 0.1) is 61.8 Å². The number of aromatic nitrogens is 3. The number of carbonyl (C=O) groups is 6. The number of halogens is 9. The van der Waals surface area contributed by atoms with E-state index in [-0.39, 0.29) is 100 Å². The lowest BCUT2D eigenvalue weighted by Gasteiger charge is -2.45. The summed E-state index contributed by atoms with van der Waals surface area (Å²) >= 11 is 17.2. The molecule has 6 aliphatic heterocycles. The van der Waals surface area contributed by atoms with Crippen molar-refractivity contribution in [3.8, 4) is 0 Å². The SMILES string of the molecule is CCOC(=O)C1=C(CN2CC(F)C2CCCC(=O)O)NC(c2nccs2)=N[C@H]1c1ccc(F)cc1Br.CCOC(=O)C1=C(CN2CC(F)C2COCC(=O)O)NC(c2nccs2)=N[C@H]1c1ccc(F)cc1Br.CCOC(=O)C1=C(CN2CC(F)C2COCC(=O)O)NC(c2nccs2)=N[C@H]1c1ccc(F)cc1Cl. The number of hydrogen-bond donors (Lipinski definition) is 6. The molecule has 0 aliphatic carbocycles. The molecule has 0 spiro atoms. The standard InChI is InChI=1S/C24H25BrF2N4O4S.C23H23BrF2N4O5S.C23H23ClF2N4O5S/c1-2-35-24(34)20-17(12-31-11-16(27)18(31)4-3-5-19(32)33)29-22(23-28-8-9-36-23)30-21(20)14-7-6-13(26)10-15(14)25;2*1-2-35-23(33)19-16(9-30-8-15(26)17(30)10-34-11-18(31)32)28-21(22-27-5-6-36-22)29-20(19)13-4-3-12(25)7-14(13)24/h6-10,16,18,21H,2-5,11-12H2,1H3,(H,29,30)(H,32,33);2*3-7,15,17,20H,2,8-11H2,1H3,(H,28,29)(H,31,32)/t16?,18?,21-;2*15?,17?,20-/m000/s1. The van der Waals surface area contributed by atoms with Gasteiger partial charge < -0.3 is 55.0 Å². The molecule has 26 nitrogen and oxygen atoms in total. The van der Waals surface area contributed by atoms with E-state index in [0.717, 1.165) is 6.07 Å². The third-order valence-corrected chi connectivity index (χ3v) is 21.5. The molecule has 0 radical (unpaired) electrons. The number of ether oxygens (including phenoxy) is 5. The van der Waals surface area contributed by atoms with Crippen molar-refractivity contribution in [2.24, 2.45) is 15.0 Å². The number of alkyl halides is 3. The van der Waals surface area contributed by atoms with Crippen LogP contribution in [0.4, 0.5) is 26.3 Å². The number of esters is 3. The number of hydrogen-bond acceptors (Lipinski definition) is 26. The Morgan fingerprint density at radius 3 is 1.17 bits per heavy atom. The summed E-state index contributed by atoms with van der Waals surface area (Å²) in [5.41, 5.74) is 3.43. The highest BCUT2D eigenvalue weighted by molar-refractivity contribution is 9.10. The summed E-state index contributed by atoms with van der Waals surface area (Å²) in [6.07, 6.45) is 2.06. The molecule has 3 aromatic carbocycles. The van der Waals surface area contributed by atoms with E-state index < -0.39 is 121 Å². The molecular formula is C70H71Br2ClF6N12O14S3. The van der Waals surface area contributed by atoms with Crippen LogP contribution in [-0.4, -0.2) is 220 Å². The summed E-state index contributed by atoms with van der Waals surface area (Å²) in [5, 5.41) is 43.2. The normalized spacial score (nSPS) is 22.0. The van der Waals surface area contributed by atoms with Crippen molar-refractivity contribution < 1.29 is 94.1 Å². The zero-order valence-corrected chi connectivity index (χ0v) is 64.0. The van der Waals surface area contributed by atoms with Crippen molar-refractivity contribution >= 4 is 131 Å². The van der Waals surface area contributed by atoms with Crippen LogP contribution in [0, 0.1) is 17.5 Å². The Labute approximate surface area is 647 Å². The Balaban J connectivity index is 0.000000173.